The van der Waals surface area contributed by atoms with Gasteiger partial charge in [0.25, 0.3) is 0 Å². The molecule has 0 aromatic carbocycles. The van der Waals surface area contributed by atoms with E-state index in [1.807, 2.05) is 0 Å². The lowest BCUT2D eigenvalue weighted by atomic mass is 10.4. The van der Waals surface area contributed by atoms with Gasteiger partial charge in [-0.05, 0) is 6.92 Å². The second kappa shape index (κ2) is 3.18. The summed E-state index contributed by atoms with van der Waals surface area (Å²) in [4.78, 5) is 0. The number of nitrogens with zero attached hydrogens (tertiary/aromatic N) is 1. The van der Waals surface area contributed by atoms with E-state index in [-0.39, 0.29) is 5.75 Å². The van der Waals surface area contributed by atoms with E-state index in [2.05, 4.69) is 0 Å². The maximum Gasteiger partial charge on any atom is 0.222 e. The minimum Gasteiger partial charge on any atom is -0.619 e. The predicted molar refractivity (Wildman–Crippen MR) is 36.5 cm³/mol. The van der Waals surface area contributed by atoms with E-state index in [0.29, 0.717) is 11.3 Å². The van der Waals surface area contributed by atoms with E-state index >= 15 is 0 Å². The van der Waals surface area contributed by atoms with Crippen LogP contribution in [0.2, 0.25) is 0 Å². The molecule has 3 nitrogen and oxygen atoms in total. The molecule has 1 heterocycles. The Labute approximate surface area is 63.6 Å². The minimum absolute atomic E-state index is 0.252. The van der Waals surface area contributed by atoms with E-state index < -0.39 is 5.82 Å². The van der Waals surface area contributed by atoms with Gasteiger partial charge in [-0.3, -0.25) is 0 Å². The van der Waals surface area contributed by atoms with Crippen molar-refractivity contribution >= 4 is 0 Å². The van der Waals surface area contributed by atoms with Crippen molar-refractivity contribution in [2.75, 3.05) is 6.61 Å². The lowest BCUT2D eigenvalue weighted by Crippen LogP contribution is -2.25. The second-order valence-corrected chi connectivity index (χ2v) is 1.98. The summed E-state index contributed by atoms with van der Waals surface area (Å²) in [7, 11) is 0. The zero-order valence-corrected chi connectivity index (χ0v) is 6.08. The number of hydrogen-bond donors (Lipinski definition) is 0. The van der Waals surface area contributed by atoms with E-state index in [4.69, 9.17) is 4.74 Å². The summed E-state index contributed by atoms with van der Waals surface area (Å²) >= 11 is 0. The molecule has 1 aromatic rings. The first-order chi connectivity index (χ1) is 5.22. The third-order valence-electron chi connectivity index (χ3n) is 1.10. The van der Waals surface area contributed by atoms with Crippen molar-refractivity contribution in [1.82, 2.24) is 0 Å². The van der Waals surface area contributed by atoms with Crippen LogP contribution in [0.4, 0.5) is 4.39 Å². The van der Waals surface area contributed by atoms with Gasteiger partial charge in [0.15, 0.2) is 11.6 Å². The van der Waals surface area contributed by atoms with Crippen molar-refractivity contribution in [2.24, 2.45) is 0 Å². The molecule has 0 radical (unpaired) electrons. The lowest BCUT2D eigenvalue weighted by Gasteiger charge is -2.01. The van der Waals surface area contributed by atoms with Crippen LogP contribution < -0.4 is 9.47 Å². The summed E-state index contributed by atoms with van der Waals surface area (Å²) in [5.74, 6) is -0.339. The average Bonchev–Trinajstić information content (AvgIpc) is 1.85. The molecule has 0 N–H and O–H groups in total. The number of halogens is 1. The van der Waals surface area contributed by atoms with Gasteiger partial charge in [-0.2, -0.15) is 4.73 Å². The Balaban J connectivity index is 2.89. The van der Waals surface area contributed by atoms with Crippen LogP contribution >= 0.6 is 0 Å². The van der Waals surface area contributed by atoms with Crippen molar-refractivity contribution in [3.05, 3.63) is 29.5 Å². The van der Waals surface area contributed by atoms with Gasteiger partial charge in [0.05, 0.1) is 6.61 Å². The summed E-state index contributed by atoms with van der Waals surface area (Å²) < 4.78 is 17.7. The zero-order chi connectivity index (χ0) is 8.27. The van der Waals surface area contributed by atoms with Gasteiger partial charge >= 0.3 is 0 Å². The molecule has 0 bridgehead atoms. The van der Waals surface area contributed by atoms with Crippen LogP contribution in [0.3, 0.4) is 0 Å². The first kappa shape index (κ1) is 7.78. The van der Waals surface area contributed by atoms with Crippen molar-refractivity contribution in [2.45, 2.75) is 6.92 Å². The summed E-state index contributed by atoms with van der Waals surface area (Å²) in [6, 6.07) is 1.16. The molecule has 0 aliphatic carbocycles. The van der Waals surface area contributed by atoms with Gasteiger partial charge in [0, 0.05) is 6.07 Å². The normalized spacial score (nSPS) is 9.64. The zero-order valence-electron chi connectivity index (χ0n) is 6.08. The monoisotopic (exact) mass is 157 g/mol. The maximum atomic E-state index is 12.5. The number of ether oxygens (including phenoxy) is 1. The molecule has 0 spiro atoms. The summed E-state index contributed by atoms with van der Waals surface area (Å²) in [6.07, 6.45) is 2.01. The van der Waals surface area contributed by atoms with Crippen LogP contribution in [-0.4, -0.2) is 6.61 Å². The van der Waals surface area contributed by atoms with Crippen LogP contribution in [0.25, 0.3) is 0 Å². The first-order valence-corrected chi connectivity index (χ1v) is 3.24. The van der Waals surface area contributed by atoms with Crippen molar-refractivity contribution in [1.29, 1.82) is 0 Å². The second-order valence-electron chi connectivity index (χ2n) is 1.98. The minimum atomic E-state index is -0.592. The lowest BCUT2D eigenvalue weighted by molar-refractivity contribution is -0.607. The number of aromatic nitrogens is 1. The Morgan fingerprint density at radius 3 is 2.91 bits per heavy atom. The molecular formula is C7H8FNO2. The van der Waals surface area contributed by atoms with E-state index in [1.54, 1.807) is 6.92 Å². The van der Waals surface area contributed by atoms with Gasteiger partial charge in [0.2, 0.25) is 12.4 Å². The SMILES string of the molecule is CCOc1cc(F)c[n+]([O-])c1. The smallest absolute Gasteiger partial charge is 0.222 e. The molecule has 11 heavy (non-hydrogen) atoms. The van der Waals surface area contributed by atoms with Crippen LogP contribution in [0.15, 0.2) is 18.5 Å². The highest BCUT2D eigenvalue weighted by Gasteiger charge is 2.01. The number of hydrogen-bond acceptors (Lipinski definition) is 2. The van der Waals surface area contributed by atoms with Crippen molar-refractivity contribution in [3.63, 3.8) is 0 Å². The molecule has 0 saturated heterocycles. The van der Waals surface area contributed by atoms with Crippen LogP contribution in [0, 0.1) is 11.0 Å². The fourth-order valence-electron chi connectivity index (χ4n) is 0.740. The maximum absolute atomic E-state index is 12.5. The summed E-state index contributed by atoms with van der Waals surface area (Å²) in [5.41, 5.74) is 0. The molecular weight excluding hydrogens is 149 g/mol. The molecule has 0 atom stereocenters. The van der Waals surface area contributed by atoms with Crippen LogP contribution in [-0.2, 0) is 0 Å². The Bertz CT molecular complexity index is 232. The average molecular weight is 157 g/mol. The largest absolute Gasteiger partial charge is 0.619 e. The molecule has 0 aliphatic heterocycles. The molecule has 1 rings (SSSR count). The Morgan fingerprint density at radius 2 is 2.36 bits per heavy atom. The summed E-state index contributed by atoms with van der Waals surface area (Å²) in [6.45, 7) is 2.18. The predicted octanol–water partition coefficient (Wildman–Crippen LogP) is 0.858. The third kappa shape index (κ3) is 2.07. The van der Waals surface area contributed by atoms with Crippen molar-refractivity contribution in [3.8, 4) is 5.75 Å². The molecule has 1 aromatic heterocycles. The Morgan fingerprint density at radius 1 is 1.64 bits per heavy atom. The number of rotatable bonds is 2. The first-order valence-electron chi connectivity index (χ1n) is 3.24. The van der Waals surface area contributed by atoms with E-state index in [9.17, 15) is 9.60 Å². The third-order valence-corrected chi connectivity index (χ3v) is 1.10. The molecule has 0 unspecified atom stereocenters. The van der Waals surface area contributed by atoms with Gasteiger partial charge in [-0.1, -0.05) is 0 Å². The molecule has 60 valence electrons. The van der Waals surface area contributed by atoms with Gasteiger partial charge in [-0.25, -0.2) is 4.39 Å². The molecule has 0 fully saturated rings. The Hall–Kier alpha value is -1.32. The quantitative estimate of drug-likeness (QED) is 0.471. The molecule has 0 aliphatic rings. The van der Waals surface area contributed by atoms with E-state index in [0.717, 1.165) is 12.3 Å². The van der Waals surface area contributed by atoms with Crippen molar-refractivity contribution < 1.29 is 13.9 Å². The Kier molecular flexibility index (Phi) is 2.25. The molecule has 4 heteroatoms. The highest BCUT2D eigenvalue weighted by Crippen LogP contribution is 2.07. The molecule has 0 amide bonds. The van der Waals surface area contributed by atoms with Crippen LogP contribution in [0.5, 0.6) is 5.75 Å². The van der Waals surface area contributed by atoms with E-state index in [1.165, 1.54) is 6.20 Å². The van der Waals surface area contributed by atoms with Crippen LogP contribution in [0.1, 0.15) is 6.92 Å². The highest BCUT2D eigenvalue weighted by atomic mass is 19.1. The highest BCUT2D eigenvalue weighted by molar-refractivity contribution is 5.13. The summed E-state index contributed by atoms with van der Waals surface area (Å²) in [5, 5.41) is 10.6. The fraction of sp³-hybridized carbons (Fsp3) is 0.286. The number of pyridine rings is 1. The van der Waals surface area contributed by atoms with Gasteiger partial charge in [0.1, 0.15) is 0 Å². The van der Waals surface area contributed by atoms with Gasteiger partial charge in [-0.15, -0.1) is 0 Å². The fourth-order valence-corrected chi connectivity index (χ4v) is 0.740. The van der Waals surface area contributed by atoms with Gasteiger partial charge < -0.3 is 9.94 Å². The molecule has 0 saturated carbocycles. The standard InChI is InChI=1S/C7H8FNO2/c1-2-11-7-3-6(8)4-9(10)5-7/h3-5H,2H2,1H3. The topological polar surface area (TPSA) is 36.2 Å².